The summed E-state index contributed by atoms with van der Waals surface area (Å²) in [4.78, 5) is 24.6. The zero-order chi connectivity index (χ0) is 35.8. The van der Waals surface area contributed by atoms with Crippen molar-refractivity contribution in [1.29, 1.82) is 0 Å². The fourth-order valence-electron chi connectivity index (χ4n) is 5.20. The Morgan fingerprint density at radius 1 is 0.532 bits per heavy atom. The molecule has 2 atom stereocenters. The van der Waals surface area contributed by atoms with Crippen LogP contribution in [-0.2, 0) is 45.2 Å². The maximum absolute atomic E-state index is 12.3. The standard InChI is InChI=1S/C41H64O6/c1-15-29(3)35(42)46-37(5,6)25-27-44-40(11,12)33-21-17-31(18-22-33)39(9,10)32-19-23-34(24-20-32)41(13,14)45-28-26-38(7,8)47-36(43)30(4)16-2/h17-24,29-30H,15-16,25-28H2,1-14H3. The van der Waals surface area contributed by atoms with Gasteiger partial charge < -0.3 is 18.9 Å². The van der Waals surface area contributed by atoms with Gasteiger partial charge in [-0.05, 0) is 90.5 Å². The van der Waals surface area contributed by atoms with E-state index in [1.165, 1.54) is 11.1 Å². The first-order valence-corrected chi connectivity index (χ1v) is 17.5. The van der Waals surface area contributed by atoms with E-state index < -0.39 is 22.4 Å². The van der Waals surface area contributed by atoms with Crippen LogP contribution >= 0.6 is 0 Å². The van der Waals surface area contributed by atoms with Gasteiger partial charge in [0, 0.05) is 18.3 Å². The first-order chi connectivity index (χ1) is 21.6. The van der Waals surface area contributed by atoms with Crippen molar-refractivity contribution in [1.82, 2.24) is 0 Å². The molecule has 0 amide bonds. The Labute approximate surface area is 286 Å². The minimum absolute atomic E-state index is 0.101. The largest absolute Gasteiger partial charge is 0.459 e. The van der Waals surface area contributed by atoms with Gasteiger partial charge in [0.2, 0.25) is 0 Å². The van der Waals surface area contributed by atoms with Crippen LogP contribution in [0.5, 0.6) is 0 Å². The van der Waals surface area contributed by atoms with Crippen molar-refractivity contribution in [2.45, 2.75) is 150 Å². The summed E-state index contributed by atoms with van der Waals surface area (Å²) < 4.78 is 24.1. The molecule has 0 saturated carbocycles. The molecule has 2 unspecified atom stereocenters. The van der Waals surface area contributed by atoms with Gasteiger partial charge in [0.05, 0.1) is 36.3 Å². The number of rotatable bonds is 18. The summed E-state index contributed by atoms with van der Waals surface area (Å²) in [5.41, 5.74) is 2.27. The summed E-state index contributed by atoms with van der Waals surface area (Å²) in [5.74, 6) is -0.509. The van der Waals surface area contributed by atoms with Gasteiger partial charge in [-0.3, -0.25) is 9.59 Å². The van der Waals surface area contributed by atoms with Gasteiger partial charge in [0.25, 0.3) is 0 Å². The van der Waals surface area contributed by atoms with Gasteiger partial charge in [-0.15, -0.1) is 0 Å². The second-order valence-corrected chi connectivity index (χ2v) is 16.0. The van der Waals surface area contributed by atoms with Crippen molar-refractivity contribution < 1.29 is 28.5 Å². The molecule has 2 aromatic carbocycles. The van der Waals surface area contributed by atoms with Crippen LogP contribution in [0.2, 0.25) is 0 Å². The summed E-state index contributed by atoms with van der Waals surface area (Å²) >= 11 is 0. The van der Waals surface area contributed by atoms with Crippen LogP contribution in [0.25, 0.3) is 0 Å². The predicted molar refractivity (Wildman–Crippen MR) is 191 cm³/mol. The van der Waals surface area contributed by atoms with E-state index in [0.717, 1.165) is 24.0 Å². The SMILES string of the molecule is CCC(C)C(=O)OC(C)(C)CCOC(C)(C)c1ccc(C(C)(C)c2ccc(C(C)(C)OCCC(C)(C)OC(=O)C(C)CC)cc2)cc1. The lowest BCUT2D eigenvalue weighted by Crippen LogP contribution is -2.33. The smallest absolute Gasteiger partial charge is 0.309 e. The molecule has 264 valence electrons. The van der Waals surface area contributed by atoms with E-state index in [-0.39, 0.29) is 29.2 Å². The highest BCUT2D eigenvalue weighted by molar-refractivity contribution is 5.72. The fraction of sp³-hybridized carbons (Fsp3) is 0.659. The third kappa shape index (κ3) is 11.7. The molecule has 0 aliphatic carbocycles. The number of esters is 2. The molecule has 6 nitrogen and oxygen atoms in total. The maximum Gasteiger partial charge on any atom is 0.309 e. The predicted octanol–water partition coefficient (Wildman–Crippen LogP) is 10.0. The molecular weight excluding hydrogens is 588 g/mol. The summed E-state index contributed by atoms with van der Waals surface area (Å²) in [6.07, 6.45) is 2.77. The molecule has 0 heterocycles. The van der Waals surface area contributed by atoms with Crippen LogP contribution in [0.1, 0.15) is 145 Å². The van der Waals surface area contributed by atoms with E-state index in [1.54, 1.807) is 0 Å². The molecular formula is C41H64O6. The number of ether oxygens (including phenoxy) is 4. The highest BCUT2D eigenvalue weighted by atomic mass is 16.6. The van der Waals surface area contributed by atoms with Crippen LogP contribution in [0.3, 0.4) is 0 Å². The Morgan fingerprint density at radius 3 is 1.09 bits per heavy atom. The molecule has 2 aromatic rings. The summed E-state index contributed by atoms with van der Waals surface area (Å²) in [5, 5.41) is 0. The molecule has 6 heteroatoms. The molecule has 0 aliphatic rings. The maximum atomic E-state index is 12.3. The molecule has 2 rings (SSSR count). The van der Waals surface area contributed by atoms with Gasteiger partial charge in [-0.2, -0.15) is 0 Å². The lowest BCUT2D eigenvalue weighted by molar-refractivity contribution is -0.165. The van der Waals surface area contributed by atoms with Crippen LogP contribution in [0.15, 0.2) is 48.5 Å². The highest BCUT2D eigenvalue weighted by Crippen LogP contribution is 2.36. The van der Waals surface area contributed by atoms with Crippen LogP contribution in [0.4, 0.5) is 0 Å². The van der Waals surface area contributed by atoms with Crippen molar-refractivity contribution in [3.63, 3.8) is 0 Å². The van der Waals surface area contributed by atoms with Crippen molar-refractivity contribution in [3.05, 3.63) is 70.8 Å². The van der Waals surface area contributed by atoms with E-state index in [1.807, 2.05) is 55.4 Å². The van der Waals surface area contributed by atoms with Gasteiger partial charge in [0.15, 0.2) is 0 Å². The van der Waals surface area contributed by atoms with E-state index >= 15 is 0 Å². The molecule has 0 aliphatic heterocycles. The Morgan fingerprint density at radius 2 is 0.809 bits per heavy atom. The van der Waals surface area contributed by atoms with Gasteiger partial charge in [0.1, 0.15) is 11.2 Å². The Bertz CT molecular complexity index is 1180. The zero-order valence-electron chi connectivity index (χ0n) is 32.0. The van der Waals surface area contributed by atoms with E-state index in [9.17, 15) is 9.59 Å². The fourth-order valence-corrected chi connectivity index (χ4v) is 5.20. The number of carbonyl (C=O) groups excluding carboxylic acids is 2. The van der Waals surface area contributed by atoms with Crippen molar-refractivity contribution in [3.8, 4) is 0 Å². The molecule has 0 N–H and O–H groups in total. The van der Waals surface area contributed by atoms with Gasteiger partial charge in [-0.25, -0.2) is 0 Å². The second-order valence-electron chi connectivity index (χ2n) is 16.0. The average molecular weight is 653 g/mol. The lowest BCUT2D eigenvalue weighted by Gasteiger charge is -2.32. The molecule has 47 heavy (non-hydrogen) atoms. The molecule has 0 radical (unpaired) electrons. The number of hydrogen-bond donors (Lipinski definition) is 0. The van der Waals surface area contributed by atoms with Gasteiger partial charge in [-0.1, -0.05) is 90.1 Å². The second kappa shape index (κ2) is 16.1. The minimum Gasteiger partial charge on any atom is -0.459 e. The summed E-state index contributed by atoms with van der Waals surface area (Å²) in [6.45, 7) is 29.3. The first-order valence-electron chi connectivity index (χ1n) is 17.5. The van der Waals surface area contributed by atoms with Crippen molar-refractivity contribution in [2.24, 2.45) is 11.8 Å². The van der Waals surface area contributed by atoms with E-state index in [0.29, 0.717) is 26.1 Å². The zero-order valence-corrected chi connectivity index (χ0v) is 32.0. The lowest BCUT2D eigenvalue weighted by atomic mass is 9.77. The Hall–Kier alpha value is -2.70. The summed E-state index contributed by atoms with van der Waals surface area (Å²) in [7, 11) is 0. The van der Waals surface area contributed by atoms with Crippen LogP contribution in [-0.4, -0.2) is 36.4 Å². The Kier molecular flexibility index (Phi) is 13.9. The molecule has 0 spiro atoms. The van der Waals surface area contributed by atoms with Crippen molar-refractivity contribution >= 4 is 11.9 Å². The number of benzene rings is 2. The Balaban J connectivity index is 2.02. The molecule has 0 aromatic heterocycles. The van der Waals surface area contributed by atoms with E-state index in [4.69, 9.17) is 18.9 Å². The third-order valence-electron chi connectivity index (χ3n) is 9.72. The monoisotopic (exact) mass is 652 g/mol. The van der Waals surface area contributed by atoms with Gasteiger partial charge >= 0.3 is 11.9 Å². The van der Waals surface area contributed by atoms with Crippen LogP contribution < -0.4 is 0 Å². The minimum atomic E-state index is -0.582. The number of carbonyl (C=O) groups is 2. The first kappa shape index (κ1) is 40.5. The van der Waals surface area contributed by atoms with Crippen LogP contribution in [0, 0.1) is 11.8 Å². The normalized spacial score (nSPS) is 14.4. The third-order valence-corrected chi connectivity index (χ3v) is 9.72. The topological polar surface area (TPSA) is 71.1 Å². The quantitative estimate of drug-likeness (QED) is 0.149. The average Bonchev–Trinajstić information content (AvgIpc) is 2.99. The molecule has 0 saturated heterocycles. The summed E-state index contributed by atoms with van der Waals surface area (Å²) in [6, 6.07) is 17.4. The highest BCUT2D eigenvalue weighted by Gasteiger charge is 2.31. The van der Waals surface area contributed by atoms with Crippen molar-refractivity contribution in [2.75, 3.05) is 13.2 Å². The number of hydrogen-bond acceptors (Lipinski definition) is 6. The van der Waals surface area contributed by atoms with E-state index in [2.05, 4.69) is 90.1 Å². The molecule has 0 bridgehead atoms. The molecule has 0 fully saturated rings.